The van der Waals surface area contributed by atoms with Gasteiger partial charge >= 0.3 is 151 Å². The first kappa shape index (κ1) is 21.4. The van der Waals surface area contributed by atoms with Crippen LogP contribution in [0.2, 0.25) is 13.3 Å². The number of hydrogen-bond donors (Lipinski definition) is 0. The van der Waals surface area contributed by atoms with E-state index >= 15 is 0 Å². The van der Waals surface area contributed by atoms with Crippen LogP contribution >= 0.6 is 0 Å². The average molecular weight is 462 g/mol. The van der Waals surface area contributed by atoms with Crippen LogP contribution in [0.1, 0.15) is 45.0 Å². The summed E-state index contributed by atoms with van der Waals surface area (Å²) in [4.78, 5) is 12.6. The van der Waals surface area contributed by atoms with Crippen molar-refractivity contribution in [3.8, 4) is 0 Å². The van der Waals surface area contributed by atoms with Crippen LogP contribution in [0.3, 0.4) is 0 Å². The van der Waals surface area contributed by atoms with Crippen molar-refractivity contribution < 1.29 is 16.3 Å². The number of nitrogens with zero attached hydrogens (tertiary/aromatic N) is 1. The summed E-state index contributed by atoms with van der Waals surface area (Å²) in [6, 6.07) is 6.09. The summed E-state index contributed by atoms with van der Waals surface area (Å²) >= 11 is -2.82. The van der Waals surface area contributed by atoms with Gasteiger partial charge in [0.1, 0.15) is 0 Å². The molecule has 0 saturated carbocycles. The van der Waals surface area contributed by atoms with Crippen LogP contribution in [0.4, 0.5) is 0 Å². The third-order valence-electron chi connectivity index (χ3n) is 4.68. The van der Waals surface area contributed by atoms with Gasteiger partial charge in [-0.3, -0.25) is 0 Å². The molecule has 0 saturated heterocycles. The number of rotatable bonds is 9. The zero-order valence-corrected chi connectivity index (χ0v) is 19.0. The van der Waals surface area contributed by atoms with E-state index in [0.717, 1.165) is 13.3 Å². The summed E-state index contributed by atoms with van der Waals surface area (Å²) in [5, 5.41) is 0. The van der Waals surface area contributed by atoms with Gasteiger partial charge in [0, 0.05) is 0 Å². The SMILES string of the molecule is CCN(CC)S(=O)(=O)c1ccc(C(=O)[O][Sn]([CH2]C)([CH2]C)[CH2]C)cc1. The Balaban J connectivity index is 3.01. The minimum atomic E-state index is -3.50. The summed E-state index contributed by atoms with van der Waals surface area (Å²) in [5.41, 5.74) is 0.421. The molecule has 0 amide bonds. The molecule has 0 spiro atoms. The molecule has 0 aliphatic carbocycles. The Bertz CT molecular complexity index is 627. The summed E-state index contributed by atoms with van der Waals surface area (Å²) in [6.45, 7) is 10.7. The van der Waals surface area contributed by atoms with Crippen molar-refractivity contribution in [2.75, 3.05) is 13.1 Å². The fraction of sp³-hybridized carbons (Fsp3) is 0.588. The molecule has 0 N–H and O–H groups in total. The molecular formula is C17H29NO4SSn. The number of carbonyl (C=O) groups excluding carboxylic acids is 1. The molecule has 0 aliphatic heterocycles. The number of sulfonamides is 1. The molecule has 0 unspecified atom stereocenters. The molecular weight excluding hydrogens is 433 g/mol. The molecule has 0 fully saturated rings. The first-order chi connectivity index (χ1) is 11.3. The Morgan fingerprint density at radius 1 is 0.958 bits per heavy atom. The van der Waals surface area contributed by atoms with Crippen molar-refractivity contribution in [2.45, 2.75) is 52.8 Å². The van der Waals surface area contributed by atoms with E-state index in [-0.39, 0.29) is 10.9 Å². The number of benzene rings is 1. The van der Waals surface area contributed by atoms with Crippen molar-refractivity contribution >= 4 is 34.8 Å². The fourth-order valence-corrected chi connectivity index (χ4v) is 11.1. The van der Waals surface area contributed by atoms with E-state index in [0.29, 0.717) is 18.7 Å². The van der Waals surface area contributed by atoms with Crippen molar-refractivity contribution in [3.05, 3.63) is 29.8 Å². The maximum atomic E-state index is 12.5. The van der Waals surface area contributed by atoms with E-state index in [4.69, 9.17) is 3.07 Å². The second kappa shape index (κ2) is 9.19. The first-order valence-corrected chi connectivity index (χ1v) is 17.3. The predicted molar refractivity (Wildman–Crippen MR) is 99.2 cm³/mol. The van der Waals surface area contributed by atoms with Crippen LogP contribution in [0.15, 0.2) is 29.2 Å². The van der Waals surface area contributed by atoms with Crippen LogP contribution in [0, 0.1) is 0 Å². The summed E-state index contributed by atoms with van der Waals surface area (Å²) in [5.74, 6) is -0.317. The normalized spacial score (nSPS) is 12.4. The van der Waals surface area contributed by atoms with Gasteiger partial charge in [-0.15, -0.1) is 0 Å². The van der Waals surface area contributed by atoms with Crippen molar-refractivity contribution in [2.24, 2.45) is 0 Å². The third-order valence-corrected chi connectivity index (χ3v) is 19.5. The van der Waals surface area contributed by atoms with Crippen molar-refractivity contribution in [3.63, 3.8) is 0 Å². The molecule has 7 heteroatoms. The van der Waals surface area contributed by atoms with Gasteiger partial charge in [0.15, 0.2) is 0 Å². The summed E-state index contributed by atoms with van der Waals surface area (Å²) in [7, 11) is -3.50. The van der Waals surface area contributed by atoms with Gasteiger partial charge in [-0.05, 0) is 0 Å². The van der Waals surface area contributed by atoms with Crippen LogP contribution in [-0.2, 0) is 13.1 Å². The number of carbonyl (C=O) groups is 1. The molecule has 1 aromatic carbocycles. The van der Waals surface area contributed by atoms with E-state index in [1.807, 2.05) is 0 Å². The van der Waals surface area contributed by atoms with Gasteiger partial charge in [-0.1, -0.05) is 0 Å². The van der Waals surface area contributed by atoms with E-state index < -0.39 is 28.8 Å². The Kier molecular flexibility index (Phi) is 8.21. The Morgan fingerprint density at radius 3 is 1.79 bits per heavy atom. The quantitative estimate of drug-likeness (QED) is 0.523. The molecule has 24 heavy (non-hydrogen) atoms. The molecule has 1 rings (SSSR count). The maximum absolute atomic E-state index is 12.5. The Labute approximate surface area is 150 Å². The van der Waals surface area contributed by atoms with Crippen LogP contribution in [0.25, 0.3) is 0 Å². The van der Waals surface area contributed by atoms with Gasteiger partial charge in [0.2, 0.25) is 0 Å². The zero-order chi connectivity index (χ0) is 18.4. The van der Waals surface area contributed by atoms with Crippen LogP contribution in [-0.4, -0.2) is 50.6 Å². The van der Waals surface area contributed by atoms with Crippen molar-refractivity contribution in [1.82, 2.24) is 4.31 Å². The molecule has 0 aromatic heterocycles. The first-order valence-electron chi connectivity index (χ1n) is 8.63. The Morgan fingerprint density at radius 2 is 1.42 bits per heavy atom. The van der Waals surface area contributed by atoms with Gasteiger partial charge in [-0.25, -0.2) is 0 Å². The molecule has 0 bridgehead atoms. The second-order valence-electron chi connectivity index (χ2n) is 5.75. The minimum absolute atomic E-state index is 0.207. The molecule has 136 valence electrons. The van der Waals surface area contributed by atoms with Gasteiger partial charge in [0.25, 0.3) is 0 Å². The van der Waals surface area contributed by atoms with E-state index in [2.05, 4.69) is 20.8 Å². The second-order valence-corrected chi connectivity index (χ2v) is 21.1. The zero-order valence-electron chi connectivity index (χ0n) is 15.3. The molecule has 0 aliphatic rings. The molecule has 0 radical (unpaired) electrons. The molecule has 0 heterocycles. The van der Waals surface area contributed by atoms with Gasteiger partial charge in [-0.2, -0.15) is 0 Å². The van der Waals surface area contributed by atoms with Crippen molar-refractivity contribution in [1.29, 1.82) is 0 Å². The standard InChI is InChI=1S/C11H15NO4S.3C2H5.Sn/c1-3-12(4-2)17(15,16)10-7-5-9(6-8-10)11(13)14;3*1-2;/h5-8H,3-4H2,1-2H3,(H,13,14);3*1H2,2H3;/q;;;;+1/p-1. The predicted octanol–water partition coefficient (Wildman–Crippen LogP) is 3.88. The fourth-order valence-electron chi connectivity index (χ4n) is 2.70. The topological polar surface area (TPSA) is 63.7 Å². The Hall–Kier alpha value is -0.601. The molecule has 5 nitrogen and oxygen atoms in total. The van der Waals surface area contributed by atoms with Crippen LogP contribution in [0.5, 0.6) is 0 Å². The number of hydrogen-bond acceptors (Lipinski definition) is 4. The molecule has 1 aromatic rings. The monoisotopic (exact) mass is 463 g/mol. The van der Waals surface area contributed by atoms with E-state index in [1.165, 1.54) is 16.4 Å². The summed E-state index contributed by atoms with van der Waals surface area (Å²) < 4.78 is 35.1. The van der Waals surface area contributed by atoms with Crippen LogP contribution < -0.4 is 0 Å². The van der Waals surface area contributed by atoms with E-state index in [9.17, 15) is 13.2 Å². The van der Waals surface area contributed by atoms with Gasteiger partial charge in [0.05, 0.1) is 0 Å². The average Bonchev–Trinajstić information content (AvgIpc) is 2.60. The molecule has 0 atom stereocenters. The summed E-state index contributed by atoms with van der Waals surface area (Å²) in [6.07, 6.45) is 0. The third kappa shape index (κ3) is 4.73. The van der Waals surface area contributed by atoms with Gasteiger partial charge < -0.3 is 0 Å². The van der Waals surface area contributed by atoms with E-state index in [1.54, 1.807) is 26.0 Å².